The Balaban J connectivity index is 2.10. The first-order valence-corrected chi connectivity index (χ1v) is 9.74. The number of hydrogen-bond acceptors (Lipinski definition) is 5. The Kier molecular flexibility index (Phi) is 7.76. The Bertz CT molecular complexity index is 1030. The van der Waals surface area contributed by atoms with Gasteiger partial charge in [0.2, 0.25) is 0 Å². The smallest absolute Gasteiger partial charge is 0.262 e. The van der Waals surface area contributed by atoms with E-state index >= 15 is 0 Å². The molecule has 0 bridgehead atoms. The van der Waals surface area contributed by atoms with Crippen molar-refractivity contribution in [2.75, 3.05) is 19.0 Å². The summed E-state index contributed by atoms with van der Waals surface area (Å²) in [5.74, 6) is 0.507. The van der Waals surface area contributed by atoms with E-state index < -0.39 is 0 Å². The van der Waals surface area contributed by atoms with E-state index in [1.807, 2.05) is 32.0 Å². The highest BCUT2D eigenvalue weighted by Gasteiger charge is 2.11. The van der Waals surface area contributed by atoms with Crippen LogP contribution >= 0.6 is 28.1 Å². The molecule has 0 fully saturated rings. The summed E-state index contributed by atoms with van der Waals surface area (Å²) in [6.07, 6.45) is 1.55. The molecule has 2 aromatic rings. The highest BCUT2D eigenvalue weighted by molar-refractivity contribution is 9.10. The van der Waals surface area contributed by atoms with Gasteiger partial charge >= 0.3 is 0 Å². The predicted octanol–water partition coefficient (Wildman–Crippen LogP) is 4.29. The van der Waals surface area contributed by atoms with Gasteiger partial charge in [0, 0.05) is 4.47 Å². The molecule has 150 valence electrons. The largest absolute Gasteiger partial charge is 0.493 e. The van der Waals surface area contributed by atoms with Crippen molar-refractivity contribution in [3.05, 3.63) is 57.1 Å². The summed E-state index contributed by atoms with van der Waals surface area (Å²) in [5.41, 5.74) is 9.24. The molecule has 0 heterocycles. The van der Waals surface area contributed by atoms with Gasteiger partial charge in [-0.1, -0.05) is 18.3 Å². The number of ether oxygens (including phenoxy) is 2. The Morgan fingerprint density at radius 2 is 1.97 bits per heavy atom. The van der Waals surface area contributed by atoms with Crippen molar-refractivity contribution in [3.8, 4) is 17.6 Å². The number of carbonyl (C=O) groups excluding carboxylic acids is 1. The number of halogens is 1. The molecule has 3 N–H and O–H groups in total. The van der Waals surface area contributed by atoms with E-state index in [1.165, 1.54) is 7.11 Å². The summed E-state index contributed by atoms with van der Waals surface area (Å²) < 4.78 is 11.7. The van der Waals surface area contributed by atoms with Crippen LogP contribution in [0.5, 0.6) is 11.5 Å². The predicted molar refractivity (Wildman–Crippen MR) is 121 cm³/mol. The number of amides is 1. The Morgan fingerprint density at radius 3 is 2.59 bits per heavy atom. The lowest BCUT2D eigenvalue weighted by Gasteiger charge is -2.13. The van der Waals surface area contributed by atoms with Crippen molar-refractivity contribution in [2.24, 2.45) is 5.73 Å². The molecule has 0 radical (unpaired) electrons. The quantitative estimate of drug-likeness (QED) is 0.353. The molecule has 1 amide bonds. The van der Waals surface area contributed by atoms with Gasteiger partial charge in [-0.15, -0.1) is 0 Å². The van der Waals surface area contributed by atoms with Crippen LogP contribution in [-0.2, 0) is 4.79 Å². The molecule has 0 atom stereocenters. The summed E-state index contributed by atoms with van der Waals surface area (Å²) >= 11 is 8.28. The van der Waals surface area contributed by atoms with Gasteiger partial charge < -0.3 is 20.5 Å². The molecule has 2 aromatic carbocycles. The van der Waals surface area contributed by atoms with Crippen molar-refractivity contribution >= 4 is 50.8 Å². The average Bonchev–Trinajstić information content (AvgIpc) is 2.68. The third kappa shape index (κ3) is 6.04. The highest BCUT2D eigenvalue weighted by Crippen LogP contribution is 2.29. The van der Waals surface area contributed by atoms with Gasteiger partial charge in [-0.05, 0) is 76.8 Å². The topological polar surface area (TPSA) is 97.4 Å². The van der Waals surface area contributed by atoms with Crippen LogP contribution in [0.1, 0.15) is 16.7 Å². The summed E-state index contributed by atoms with van der Waals surface area (Å²) in [7, 11) is 1.49. The van der Waals surface area contributed by atoms with E-state index in [9.17, 15) is 4.79 Å². The van der Waals surface area contributed by atoms with Gasteiger partial charge in [-0.3, -0.25) is 4.79 Å². The molecule has 0 aliphatic heterocycles. The number of nitrogens with one attached hydrogen (secondary N) is 1. The first kappa shape index (κ1) is 22.4. The molecule has 6 nitrogen and oxygen atoms in total. The fraction of sp³-hybridized carbons (Fsp3) is 0.190. The van der Waals surface area contributed by atoms with Crippen LogP contribution in [0.15, 0.2) is 40.4 Å². The first-order valence-electron chi connectivity index (χ1n) is 8.54. The van der Waals surface area contributed by atoms with E-state index in [4.69, 9.17) is 32.7 Å². The number of rotatable bonds is 7. The first-order chi connectivity index (χ1) is 13.7. The van der Waals surface area contributed by atoms with E-state index in [0.717, 1.165) is 15.6 Å². The normalized spacial score (nSPS) is 10.8. The number of nitrogens with two attached hydrogens (primary N) is 1. The maximum absolute atomic E-state index is 12.3. The maximum Gasteiger partial charge on any atom is 0.262 e. The van der Waals surface area contributed by atoms with Crippen molar-refractivity contribution in [3.63, 3.8) is 0 Å². The molecular weight excluding hydrogens is 454 g/mol. The zero-order valence-corrected chi connectivity index (χ0v) is 18.6. The van der Waals surface area contributed by atoms with E-state index in [0.29, 0.717) is 22.7 Å². The fourth-order valence-electron chi connectivity index (χ4n) is 2.42. The molecule has 0 saturated heterocycles. The number of carbonyl (C=O) groups is 1. The van der Waals surface area contributed by atoms with Crippen LogP contribution in [-0.4, -0.2) is 24.6 Å². The van der Waals surface area contributed by atoms with E-state index in [1.54, 1.807) is 24.3 Å². The lowest BCUT2D eigenvalue weighted by atomic mass is 10.1. The monoisotopic (exact) mass is 473 g/mol. The van der Waals surface area contributed by atoms with Crippen LogP contribution < -0.4 is 20.5 Å². The van der Waals surface area contributed by atoms with Gasteiger partial charge in [-0.25, -0.2) is 0 Å². The number of hydrogen-bond donors (Lipinski definition) is 2. The van der Waals surface area contributed by atoms with Crippen LogP contribution in [0.3, 0.4) is 0 Å². The van der Waals surface area contributed by atoms with Crippen molar-refractivity contribution in [1.82, 2.24) is 0 Å². The van der Waals surface area contributed by atoms with Crippen LogP contribution in [0.4, 0.5) is 5.69 Å². The number of thiocarbonyl (C=S) groups is 1. The summed E-state index contributed by atoms with van der Waals surface area (Å²) in [5, 5.41) is 11.9. The molecule has 8 heteroatoms. The van der Waals surface area contributed by atoms with Crippen LogP contribution in [0.25, 0.3) is 6.08 Å². The fourth-order valence-corrected chi connectivity index (χ4v) is 3.09. The molecule has 29 heavy (non-hydrogen) atoms. The van der Waals surface area contributed by atoms with Gasteiger partial charge in [0.1, 0.15) is 11.1 Å². The van der Waals surface area contributed by atoms with Crippen molar-refractivity contribution < 1.29 is 14.3 Å². The Morgan fingerprint density at radius 1 is 1.28 bits per heavy atom. The minimum Gasteiger partial charge on any atom is -0.493 e. The second-order valence-electron chi connectivity index (χ2n) is 6.20. The standard InChI is InChI=1S/C21H20BrN3O3S/c1-12-6-16(22)17(7-13(12)2)25-20(26)11-28-18-5-4-14(9-19(18)27-3)8-15(10-23)21(24)29/h4-9H,11H2,1-3H3,(H2,24,29)(H,25,26)/b15-8+. The molecule has 0 unspecified atom stereocenters. The van der Waals surface area contributed by atoms with Gasteiger partial charge in [0.15, 0.2) is 18.1 Å². The number of benzene rings is 2. The zero-order chi connectivity index (χ0) is 21.6. The minimum absolute atomic E-state index is 0.0148. The molecule has 2 rings (SSSR count). The van der Waals surface area contributed by atoms with E-state index in [-0.39, 0.29) is 23.1 Å². The minimum atomic E-state index is -0.305. The van der Waals surface area contributed by atoms with Crippen LogP contribution in [0, 0.1) is 25.2 Å². The van der Waals surface area contributed by atoms with Gasteiger partial charge in [0.05, 0.1) is 18.4 Å². The number of anilines is 1. The summed E-state index contributed by atoms with van der Waals surface area (Å²) in [4.78, 5) is 12.3. The lowest BCUT2D eigenvalue weighted by molar-refractivity contribution is -0.118. The highest BCUT2D eigenvalue weighted by atomic mass is 79.9. The Hall–Kier alpha value is -2.89. The van der Waals surface area contributed by atoms with E-state index in [2.05, 4.69) is 21.2 Å². The number of nitriles is 1. The SMILES string of the molecule is COc1cc(/C=C(\C#N)C(N)=S)ccc1OCC(=O)Nc1cc(C)c(C)cc1Br. The maximum atomic E-state index is 12.3. The summed E-state index contributed by atoms with van der Waals surface area (Å²) in [6.45, 7) is 3.78. The third-order valence-electron chi connectivity index (χ3n) is 4.10. The lowest BCUT2D eigenvalue weighted by Crippen LogP contribution is -2.20. The second kappa shape index (κ2) is 10.0. The molecule has 0 spiro atoms. The van der Waals surface area contributed by atoms with Gasteiger partial charge in [0.25, 0.3) is 5.91 Å². The zero-order valence-electron chi connectivity index (χ0n) is 16.2. The van der Waals surface area contributed by atoms with Crippen LogP contribution in [0.2, 0.25) is 0 Å². The van der Waals surface area contributed by atoms with Crippen molar-refractivity contribution in [1.29, 1.82) is 5.26 Å². The number of methoxy groups -OCH3 is 1. The Labute approximate surface area is 183 Å². The van der Waals surface area contributed by atoms with Crippen molar-refractivity contribution in [2.45, 2.75) is 13.8 Å². The summed E-state index contributed by atoms with van der Waals surface area (Å²) in [6, 6.07) is 10.8. The number of nitrogens with zero attached hydrogens (tertiary/aromatic N) is 1. The molecule has 0 saturated carbocycles. The second-order valence-corrected chi connectivity index (χ2v) is 7.49. The average molecular weight is 474 g/mol. The molecule has 0 aromatic heterocycles. The van der Waals surface area contributed by atoms with Gasteiger partial charge in [-0.2, -0.15) is 5.26 Å². The third-order valence-corrected chi connectivity index (χ3v) is 4.98. The molecular formula is C21H20BrN3O3S. The molecule has 0 aliphatic carbocycles. The molecule has 0 aliphatic rings. The number of aryl methyl sites for hydroxylation is 2.